The predicted molar refractivity (Wildman–Crippen MR) is 72.7 cm³/mol. The van der Waals surface area contributed by atoms with Gasteiger partial charge >= 0.3 is 5.97 Å². The van der Waals surface area contributed by atoms with E-state index in [1.54, 1.807) is 0 Å². The summed E-state index contributed by atoms with van der Waals surface area (Å²) in [6.45, 7) is 0. The minimum atomic E-state index is -0.550. The Balaban J connectivity index is 2.01. The van der Waals surface area contributed by atoms with Gasteiger partial charge in [0.1, 0.15) is 12.0 Å². The van der Waals surface area contributed by atoms with Gasteiger partial charge in [-0.1, -0.05) is 11.6 Å². The van der Waals surface area contributed by atoms with Gasteiger partial charge in [-0.25, -0.2) is 4.98 Å². The zero-order chi connectivity index (χ0) is 14.7. The molecule has 7 nitrogen and oxygen atoms in total. The third kappa shape index (κ3) is 3.16. The van der Waals surface area contributed by atoms with Crippen LogP contribution in [-0.4, -0.2) is 29.0 Å². The van der Waals surface area contributed by atoms with E-state index in [1.807, 2.05) is 0 Å². The fourth-order valence-electron chi connectivity index (χ4n) is 2.32. The lowest BCUT2D eigenvalue weighted by Crippen LogP contribution is -2.19. The molecule has 1 aliphatic carbocycles. The summed E-state index contributed by atoms with van der Waals surface area (Å²) in [4.78, 5) is 25.4. The Morgan fingerprint density at radius 2 is 2.35 bits per heavy atom. The molecule has 0 saturated heterocycles. The van der Waals surface area contributed by atoms with Crippen LogP contribution in [0.4, 0.5) is 11.5 Å². The number of hydrogen-bond acceptors (Lipinski definition) is 6. The Bertz CT molecular complexity index is 537. The van der Waals surface area contributed by atoms with E-state index in [2.05, 4.69) is 10.3 Å². The molecule has 2 rings (SSSR count). The maximum Gasteiger partial charge on any atom is 0.308 e. The largest absolute Gasteiger partial charge is 0.469 e. The topological polar surface area (TPSA) is 94.4 Å². The highest BCUT2D eigenvalue weighted by molar-refractivity contribution is 6.33. The second-order valence-electron chi connectivity index (χ2n) is 4.66. The molecule has 0 aliphatic heterocycles. The molecule has 0 unspecified atom stereocenters. The number of esters is 1. The minimum Gasteiger partial charge on any atom is -0.469 e. The van der Waals surface area contributed by atoms with Gasteiger partial charge in [-0.3, -0.25) is 14.9 Å². The van der Waals surface area contributed by atoms with Crippen molar-refractivity contribution in [1.29, 1.82) is 0 Å². The molecule has 0 spiro atoms. The van der Waals surface area contributed by atoms with Crippen molar-refractivity contribution in [3.05, 3.63) is 27.4 Å². The highest BCUT2D eigenvalue weighted by atomic mass is 35.5. The number of pyridine rings is 1. The summed E-state index contributed by atoms with van der Waals surface area (Å²) in [5, 5.41) is 13.9. The van der Waals surface area contributed by atoms with Gasteiger partial charge in [0.2, 0.25) is 0 Å². The second kappa shape index (κ2) is 6.04. The number of methoxy groups -OCH3 is 1. The molecular formula is C12H14ClN3O4. The first-order valence-electron chi connectivity index (χ1n) is 6.15. The molecule has 8 heteroatoms. The molecule has 1 aromatic rings. The molecule has 20 heavy (non-hydrogen) atoms. The summed E-state index contributed by atoms with van der Waals surface area (Å²) < 4.78 is 4.72. The van der Waals surface area contributed by atoms with Crippen LogP contribution in [0.1, 0.15) is 19.3 Å². The first-order valence-corrected chi connectivity index (χ1v) is 6.53. The molecule has 108 valence electrons. The smallest absolute Gasteiger partial charge is 0.308 e. The van der Waals surface area contributed by atoms with Gasteiger partial charge in [-0.15, -0.1) is 0 Å². The Kier molecular flexibility index (Phi) is 4.39. The van der Waals surface area contributed by atoms with Crippen molar-refractivity contribution < 1.29 is 14.5 Å². The number of carbonyl (C=O) groups excluding carboxylic acids is 1. The van der Waals surface area contributed by atoms with Gasteiger partial charge in [-0.05, 0) is 19.3 Å². The van der Waals surface area contributed by atoms with E-state index in [4.69, 9.17) is 16.3 Å². The first kappa shape index (κ1) is 14.5. The zero-order valence-electron chi connectivity index (χ0n) is 10.8. The lowest BCUT2D eigenvalue weighted by atomic mass is 10.1. The molecule has 1 fully saturated rings. The number of hydrogen-bond donors (Lipinski definition) is 1. The van der Waals surface area contributed by atoms with Gasteiger partial charge in [0.15, 0.2) is 0 Å². The van der Waals surface area contributed by atoms with Gasteiger partial charge in [0.25, 0.3) is 5.69 Å². The van der Waals surface area contributed by atoms with Crippen molar-refractivity contribution in [3.8, 4) is 0 Å². The van der Waals surface area contributed by atoms with Crippen molar-refractivity contribution in [2.24, 2.45) is 5.92 Å². The number of nitrogens with zero attached hydrogens (tertiary/aromatic N) is 2. The predicted octanol–water partition coefficient (Wildman–Crippen LogP) is 2.40. The Hall–Kier alpha value is -1.89. The van der Waals surface area contributed by atoms with Crippen LogP contribution in [0.3, 0.4) is 0 Å². The van der Waals surface area contributed by atoms with E-state index in [9.17, 15) is 14.9 Å². The van der Waals surface area contributed by atoms with E-state index in [0.29, 0.717) is 12.2 Å². The highest BCUT2D eigenvalue weighted by Crippen LogP contribution is 2.31. The van der Waals surface area contributed by atoms with Crippen LogP contribution in [0.15, 0.2) is 12.3 Å². The lowest BCUT2D eigenvalue weighted by molar-refractivity contribution is -0.385. The van der Waals surface area contributed by atoms with Crippen LogP contribution in [0, 0.1) is 16.0 Å². The third-order valence-corrected chi connectivity index (χ3v) is 3.63. The molecule has 0 radical (unpaired) electrons. The number of halogens is 1. The molecule has 1 saturated carbocycles. The monoisotopic (exact) mass is 299 g/mol. The van der Waals surface area contributed by atoms with Crippen LogP contribution in [0.5, 0.6) is 0 Å². The minimum absolute atomic E-state index is 0.0607. The lowest BCUT2D eigenvalue weighted by Gasteiger charge is -2.14. The number of nitro groups is 1. The summed E-state index contributed by atoms with van der Waals surface area (Å²) in [6, 6.07) is 1.31. The number of nitrogens with one attached hydrogen (secondary N) is 1. The SMILES string of the molecule is COC(=O)[C@H]1CC[C@@H](Nc2ncc([N+](=O)[O-])cc2Cl)C1. The van der Waals surface area contributed by atoms with Crippen LogP contribution >= 0.6 is 11.6 Å². The molecule has 1 aliphatic rings. The van der Waals surface area contributed by atoms with Gasteiger partial charge in [-0.2, -0.15) is 0 Å². The number of carbonyl (C=O) groups is 1. The van der Waals surface area contributed by atoms with Gasteiger partial charge < -0.3 is 10.1 Å². The normalized spacial score (nSPS) is 21.5. The first-order chi connectivity index (χ1) is 9.51. The van der Waals surface area contributed by atoms with Crippen molar-refractivity contribution in [2.45, 2.75) is 25.3 Å². The van der Waals surface area contributed by atoms with Crippen LogP contribution in [0.2, 0.25) is 5.02 Å². The molecule has 0 bridgehead atoms. The average Bonchev–Trinajstić information content (AvgIpc) is 2.88. The number of anilines is 1. The Labute approximate surface area is 120 Å². The maximum absolute atomic E-state index is 11.4. The Morgan fingerprint density at radius 3 is 2.95 bits per heavy atom. The third-order valence-electron chi connectivity index (χ3n) is 3.35. The van der Waals surface area contributed by atoms with E-state index >= 15 is 0 Å². The average molecular weight is 300 g/mol. The van der Waals surface area contributed by atoms with Gasteiger partial charge in [0, 0.05) is 12.1 Å². The summed E-state index contributed by atoms with van der Waals surface area (Å²) >= 11 is 5.96. The van der Waals surface area contributed by atoms with Crippen molar-refractivity contribution in [3.63, 3.8) is 0 Å². The van der Waals surface area contributed by atoms with Crippen molar-refractivity contribution in [2.75, 3.05) is 12.4 Å². The van der Waals surface area contributed by atoms with Gasteiger partial charge in [0.05, 0.1) is 23.0 Å². The Morgan fingerprint density at radius 1 is 1.60 bits per heavy atom. The number of aromatic nitrogens is 1. The quantitative estimate of drug-likeness (QED) is 0.521. The van der Waals surface area contributed by atoms with Crippen molar-refractivity contribution >= 4 is 29.1 Å². The number of ether oxygens (including phenoxy) is 1. The van der Waals surface area contributed by atoms with Crippen LogP contribution < -0.4 is 5.32 Å². The molecular weight excluding hydrogens is 286 g/mol. The highest BCUT2D eigenvalue weighted by Gasteiger charge is 2.31. The van der Waals surface area contributed by atoms with Crippen molar-refractivity contribution in [1.82, 2.24) is 4.98 Å². The summed E-state index contributed by atoms with van der Waals surface area (Å²) in [5.74, 6) is 0.0687. The molecule has 1 heterocycles. The molecule has 1 aromatic heterocycles. The molecule has 0 aromatic carbocycles. The van der Waals surface area contributed by atoms with Crippen LogP contribution in [-0.2, 0) is 9.53 Å². The van der Waals surface area contributed by atoms with E-state index < -0.39 is 4.92 Å². The summed E-state index contributed by atoms with van der Waals surface area (Å²) in [5.41, 5.74) is -0.153. The summed E-state index contributed by atoms with van der Waals surface area (Å²) in [7, 11) is 1.37. The van der Waals surface area contributed by atoms with Crippen LogP contribution in [0.25, 0.3) is 0 Å². The van der Waals surface area contributed by atoms with E-state index in [-0.39, 0.29) is 28.6 Å². The summed E-state index contributed by atoms with van der Waals surface area (Å²) in [6.07, 6.45) is 3.34. The number of rotatable bonds is 4. The molecule has 2 atom stereocenters. The zero-order valence-corrected chi connectivity index (χ0v) is 11.6. The van der Waals surface area contributed by atoms with E-state index in [1.165, 1.54) is 13.2 Å². The maximum atomic E-state index is 11.4. The molecule has 1 N–H and O–H groups in total. The fourth-order valence-corrected chi connectivity index (χ4v) is 2.54. The fraction of sp³-hybridized carbons (Fsp3) is 0.500. The second-order valence-corrected chi connectivity index (χ2v) is 5.06. The van der Waals surface area contributed by atoms with E-state index in [0.717, 1.165) is 19.0 Å². The standard InChI is InChI=1S/C12H14ClN3O4/c1-20-12(17)7-2-3-8(4-7)15-11-10(13)5-9(6-14-11)16(18)19/h5-8H,2-4H2,1H3,(H,14,15)/t7-,8+/m0/s1. The molecule has 0 amide bonds.